The number of hydrogen-bond acceptors (Lipinski definition) is 6. The maximum Gasteiger partial charge on any atom is 0.341 e. The summed E-state index contributed by atoms with van der Waals surface area (Å²) in [7, 11) is 0. The monoisotopic (exact) mass is 294 g/mol. The van der Waals surface area contributed by atoms with Gasteiger partial charge in [-0.1, -0.05) is 0 Å². The fourth-order valence-electron chi connectivity index (χ4n) is 1.55. The standard InChI is InChI=1S/C12H14N4O3S/c1-2-19-12(18)8-4-6-20-11(8)14-10(17)7-16-5-3-9(13)15-16/h3-6H,2,7H2,1H3,(H2,13,15)(H,14,17). The molecule has 0 fully saturated rings. The van der Waals surface area contributed by atoms with E-state index in [0.29, 0.717) is 16.4 Å². The molecule has 0 radical (unpaired) electrons. The van der Waals surface area contributed by atoms with Crippen molar-refractivity contribution in [2.24, 2.45) is 0 Å². The molecule has 0 saturated heterocycles. The average molecular weight is 294 g/mol. The first kappa shape index (κ1) is 14.1. The molecule has 0 unspecified atom stereocenters. The van der Waals surface area contributed by atoms with Crippen LogP contribution in [0.3, 0.4) is 0 Å². The summed E-state index contributed by atoms with van der Waals surface area (Å²) in [6.07, 6.45) is 1.61. The van der Waals surface area contributed by atoms with Crippen LogP contribution in [0.4, 0.5) is 10.8 Å². The molecule has 2 aromatic heterocycles. The lowest BCUT2D eigenvalue weighted by atomic mass is 10.3. The fourth-order valence-corrected chi connectivity index (χ4v) is 2.35. The van der Waals surface area contributed by atoms with Gasteiger partial charge in [0.15, 0.2) is 0 Å². The van der Waals surface area contributed by atoms with Gasteiger partial charge in [0.05, 0.1) is 12.2 Å². The normalized spacial score (nSPS) is 10.2. The molecule has 0 aliphatic carbocycles. The third-order valence-electron chi connectivity index (χ3n) is 2.38. The number of carbonyl (C=O) groups excluding carboxylic acids is 2. The highest BCUT2D eigenvalue weighted by Crippen LogP contribution is 2.24. The van der Waals surface area contributed by atoms with Crippen molar-refractivity contribution in [3.05, 3.63) is 29.3 Å². The number of nitrogen functional groups attached to an aromatic ring is 1. The first-order valence-corrected chi connectivity index (χ1v) is 6.81. The fraction of sp³-hybridized carbons (Fsp3) is 0.250. The van der Waals surface area contributed by atoms with Crippen molar-refractivity contribution < 1.29 is 14.3 Å². The molecule has 2 aromatic rings. The second-order valence-electron chi connectivity index (χ2n) is 3.87. The number of thiophene rings is 1. The first-order chi connectivity index (χ1) is 9.60. The summed E-state index contributed by atoms with van der Waals surface area (Å²) < 4.78 is 6.33. The van der Waals surface area contributed by atoms with Gasteiger partial charge in [-0.2, -0.15) is 5.10 Å². The Morgan fingerprint density at radius 1 is 1.50 bits per heavy atom. The minimum atomic E-state index is -0.451. The highest BCUT2D eigenvalue weighted by molar-refractivity contribution is 7.14. The predicted molar refractivity (Wildman–Crippen MR) is 75.5 cm³/mol. The maximum atomic E-state index is 11.9. The van der Waals surface area contributed by atoms with E-state index in [2.05, 4.69) is 10.4 Å². The highest BCUT2D eigenvalue weighted by atomic mass is 32.1. The Labute approximate surface area is 119 Å². The number of hydrogen-bond donors (Lipinski definition) is 2. The number of nitrogens with one attached hydrogen (secondary N) is 1. The molecule has 7 nitrogen and oxygen atoms in total. The molecule has 0 atom stereocenters. The van der Waals surface area contributed by atoms with Crippen LogP contribution in [0.25, 0.3) is 0 Å². The summed E-state index contributed by atoms with van der Waals surface area (Å²) in [5.41, 5.74) is 5.82. The Kier molecular flexibility index (Phi) is 4.36. The van der Waals surface area contributed by atoms with Gasteiger partial charge in [0.2, 0.25) is 5.91 Å². The molecule has 0 aliphatic heterocycles. The first-order valence-electron chi connectivity index (χ1n) is 5.93. The van der Waals surface area contributed by atoms with Gasteiger partial charge in [0, 0.05) is 6.20 Å². The van der Waals surface area contributed by atoms with E-state index in [-0.39, 0.29) is 19.1 Å². The van der Waals surface area contributed by atoms with Gasteiger partial charge >= 0.3 is 5.97 Å². The van der Waals surface area contributed by atoms with Crippen LogP contribution in [0.15, 0.2) is 23.7 Å². The lowest BCUT2D eigenvalue weighted by Crippen LogP contribution is -2.20. The quantitative estimate of drug-likeness (QED) is 0.811. The lowest BCUT2D eigenvalue weighted by Gasteiger charge is -2.06. The predicted octanol–water partition coefficient (Wildman–Crippen LogP) is 1.34. The lowest BCUT2D eigenvalue weighted by molar-refractivity contribution is -0.116. The van der Waals surface area contributed by atoms with E-state index in [0.717, 1.165) is 0 Å². The molecule has 2 rings (SSSR count). The number of rotatable bonds is 5. The van der Waals surface area contributed by atoms with Crippen molar-refractivity contribution in [1.82, 2.24) is 9.78 Å². The number of amides is 1. The molecular formula is C12H14N4O3S. The van der Waals surface area contributed by atoms with Gasteiger partial charge in [-0.25, -0.2) is 4.79 Å². The Bertz CT molecular complexity index is 620. The van der Waals surface area contributed by atoms with Crippen LogP contribution in [0.1, 0.15) is 17.3 Å². The molecular weight excluding hydrogens is 280 g/mol. The smallest absolute Gasteiger partial charge is 0.341 e. The zero-order chi connectivity index (χ0) is 14.5. The van der Waals surface area contributed by atoms with Crippen LogP contribution < -0.4 is 11.1 Å². The number of nitrogens with two attached hydrogens (primary N) is 1. The van der Waals surface area contributed by atoms with Crippen molar-refractivity contribution in [3.63, 3.8) is 0 Å². The molecule has 0 bridgehead atoms. The number of carbonyl (C=O) groups is 2. The molecule has 0 saturated carbocycles. The minimum absolute atomic E-state index is 0.0252. The average Bonchev–Trinajstić information content (AvgIpc) is 2.99. The van der Waals surface area contributed by atoms with Crippen molar-refractivity contribution in [2.45, 2.75) is 13.5 Å². The SMILES string of the molecule is CCOC(=O)c1ccsc1NC(=O)Cn1ccc(N)n1. The number of anilines is 2. The van der Waals surface area contributed by atoms with E-state index >= 15 is 0 Å². The number of ether oxygens (including phenoxy) is 1. The van der Waals surface area contributed by atoms with E-state index in [1.807, 2.05) is 0 Å². The van der Waals surface area contributed by atoms with Crippen LogP contribution in [-0.4, -0.2) is 28.3 Å². The minimum Gasteiger partial charge on any atom is -0.462 e. The van der Waals surface area contributed by atoms with Gasteiger partial charge in [0.1, 0.15) is 17.4 Å². The molecule has 8 heteroatoms. The van der Waals surface area contributed by atoms with Crippen LogP contribution >= 0.6 is 11.3 Å². The number of aromatic nitrogens is 2. The van der Waals surface area contributed by atoms with Crippen LogP contribution in [-0.2, 0) is 16.1 Å². The molecule has 20 heavy (non-hydrogen) atoms. The maximum absolute atomic E-state index is 11.9. The van der Waals surface area contributed by atoms with E-state index in [1.165, 1.54) is 16.0 Å². The third kappa shape index (κ3) is 3.35. The van der Waals surface area contributed by atoms with Gasteiger partial charge in [-0.3, -0.25) is 9.48 Å². The summed E-state index contributed by atoms with van der Waals surface area (Å²) >= 11 is 1.26. The van der Waals surface area contributed by atoms with E-state index < -0.39 is 5.97 Å². The van der Waals surface area contributed by atoms with Crippen molar-refractivity contribution in [2.75, 3.05) is 17.7 Å². The Balaban J connectivity index is 2.01. The van der Waals surface area contributed by atoms with Crippen molar-refractivity contribution >= 4 is 34.0 Å². The summed E-state index contributed by atoms with van der Waals surface area (Å²) in [6.45, 7) is 2.04. The van der Waals surface area contributed by atoms with E-state index in [9.17, 15) is 9.59 Å². The second-order valence-corrected chi connectivity index (χ2v) is 4.79. The molecule has 0 spiro atoms. The summed E-state index contributed by atoms with van der Waals surface area (Å²) in [5.74, 6) is -0.394. The Morgan fingerprint density at radius 2 is 2.30 bits per heavy atom. The van der Waals surface area contributed by atoms with Crippen LogP contribution in [0, 0.1) is 0 Å². The Morgan fingerprint density at radius 3 is 2.95 bits per heavy atom. The number of esters is 1. The molecule has 0 aliphatic rings. The molecule has 2 heterocycles. The molecule has 3 N–H and O–H groups in total. The van der Waals surface area contributed by atoms with Gasteiger partial charge in [-0.15, -0.1) is 11.3 Å². The summed E-state index contributed by atoms with van der Waals surface area (Å²) in [5, 5.41) is 8.76. The zero-order valence-corrected chi connectivity index (χ0v) is 11.6. The van der Waals surface area contributed by atoms with Crippen LogP contribution in [0.5, 0.6) is 0 Å². The van der Waals surface area contributed by atoms with Crippen molar-refractivity contribution in [1.29, 1.82) is 0 Å². The van der Waals surface area contributed by atoms with E-state index in [4.69, 9.17) is 10.5 Å². The second kappa shape index (κ2) is 6.20. The number of nitrogens with zero attached hydrogens (tertiary/aromatic N) is 2. The zero-order valence-electron chi connectivity index (χ0n) is 10.8. The molecule has 0 aromatic carbocycles. The summed E-state index contributed by atoms with van der Waals surface area (Å²) in [4.78, 5) is 23.5. The van der Waals surface area contributed by atoms with E-state index in [1.54, 1.807) is 30.6 Å². The highest BCUT2D eigenvalue weighted by Gasteiger charge is 2.16. The van der Waals surface area contributed by atoms with Gasteiger partial charge in [0.25, 0.3) is 0 Å². The third-order valence-corrected chi connectivity index (χ3v) is 3.21. The van der Waals surface area contributed by atoms with Crippen molar-refractivity contribution in [3.8, 4) is 0 Å². The molecule has 106 valence electrons. The molecule has 1 amide bonds. The Hall–Kier alpha value is -2.35. The van der Waals surface area contributed by atoms with Gasteiger partial charge in [-0.05, 0) is 24.4 Å². The topological polar surface area (TPSA) is 99.2 Å². The van der Waals surface area contributed by atoms with Gasteiger partial charge < -0.3 is 15.8 Å². The largest absolute Gasteiger partial charge is 0.462 e. The summed E-state index contributed by atoms with van der Waals surface area (Å²) in [6, 6.07) is 3.21. The van der Waals surface area contributed by atoms with Crippen LogP contribution in [0.2, 0.25) is 0 Å².